The molecule has 0 rings (SSSR count). The van der Waals surface area contributed by atoms with Gasteiger partial charge in [0.15, 0.2) is 0 Å². The second kappa shape index (κ2) is 7.56. The third-order valence-corrected chi connectivity index (χ3v) is 0.862. The maximum Gasteiger partial charge on any atom is 2.00 e. The van der Waals surface area contributed by atoms with E-state index in [9.17, 15) is 0 Å². The smallest absolute Gasteiger partial charge is 1.00 e. The van der Waals surface area contributed by atoms with Gasteiger partial charge < -0.3 is 7.96 Å². The van der Waals surface area contributed by atoms with Crippen LogP contribution in [0.15, 0.2) is 0 Å². The van der Waals surface area contributed by atoms with Gasteiger partial charge in [-0.2, -0.15) is 0 Å². The van der Waals surface area contributed by atoms with Crippen molar-refractivity contribution < 1.29 is 7.96 Å². The minimum absolute atomic E-state index is 0. The van der Waals surface area contributed by atoms with Crippen molar-refractivity contribution in [2.45, 2.75) is 27.2 Å². The second-order valence-corrected chi connectivity index (χ2v) is 3.03. The third-order valence-electron chi connectivity index (χ3n) is 0.862. The van der Waals surface area contributed by atoms with E-state index in [2.05, 4.69) is 20.8 Å². The molecule has 0 aromatic rings. The Hall–Kier alpha value is 1.46. The fourth-order valence-electron chi connectivity index (χ4n) is 0.335. The van der Waals surface area contributed by atoms with Crippen molar-refractivity contribution in [1.82, 2.24) is 0 Å². The van der Waals surface area contributed by atoms with Gasteiger partial charge in [-0.3, -0.25) is 0 Å². The molecule has 0 aromatic heterocycles. The van der Waals surface area contributed by atoms with E-state index in [-0.39, 0.29) is 49.9 Å². The van der Waals surface area contributed by atoms with Crippen molar-refractivity contribution in [1.29, 1.82) is 0 Å². The molecular formula is C6H17IMgO. The topological polar surface area (TPSA) is 20.2 Å². The zero-order valence-electron chi connectivity index (χ0n) is 8.48. The zero-order valence-corrected chi connectivity index (χ0v) is 10.2. The quantitative estimate of drug-likeness (QED) is 0.561. The van der Waals surface area contributed by atoms with Crippen LogP contribution in [0.3, 0.4) is 0 Å². The molecule has 0 amide bonds. The maximum atomic E-state index is 8.40. The van der Waals surface area contributed by atoms with Crippen LogP contribution in [0.4, 0.5) is 0 Å². The van der Waals surface area contributed by atoms with Crippen LogP contribution in [0.5, 0.6) is 0 Å². The first-order chi connectivity index (χ1) is 3.06. The van der Waals surface area contributed by atoms with Gasteiger partial charge in [0.1, 0.15) is 0 Å². The molecule has 56 valence electrons. The summed E-state index contributed by atoms with van der Waals surface area (Å²) in [4.78, 5) is 0. The predicted molar refractivity (Wildman–Crippen MR) is 54.6 cm³/mol. The standard InChI is InChI=1S/C6H14O.HI.Mg.2H/c1-6(2,3)4-5-7;;;;/h7H,4-5H2,1-3H3;1H;;;/q;;+2;2*-1. The first-order valence-electron chi connectivity index (χ1n) is 2.67. The summed E-state index contributed by atoms with van der Waals surface area (Å²) in [6.45, 7) is 6.65. The zero-order chi connectivity index (χ0) is 5.91. The summed E-state index contributed by atoms with van der Waals surface area (Å²) in [5.74, 6) is 0. The van der Waals surface area contributed by atoms with Gasteiger partial charge in [0, 0.05) is 6.61 Å². The van der Waals surface area contributed by atoms with Gasteiger partial charge in [0.25, 0.3) is 0 Å². The molecule has 0 aliphatic rings. The van der Waals surface area contributed by atoms with Crippen molar-refractivity contribution in [3.63, 3.8) is 0 Å². The van der Waals surface area contributed by atoms with Crippen LogP contribution in [0.25, 0.3) is 0 Å². The fraction of sp³-hybridized carbons (Fsp3) is 1.00. The number of hydrogen-bond acceptors (Lipinski definition) is 1. The molecule has 1 nitrogen and oxygen atoms in total. The molecule has 9 heavy (non-hydrogen) atoms. The molecule has 3 heteroatoms. The Morgan fingerprint density at radius 2 is 1.67 bits per heavy atom. The minimum atomic E-state index is 0. The normalized spacial score (nSPS) is 9.33. The molecular weight excluding hydrogens is 239 g/mol. The van der Waals surface area contributed by atoms with Crippen LogP contribution in [0, 0.1) is 5.41 Å². The maximum absolute atomic E-state index is 8.40. The van der Waals surface area contributed by atoms with Crippen molar-refractivity contribution in [3.05, 3.63) is 0 Å². The van der Waals surface area contributed by atoms with Gasteiger partial charge >= 0.3 is 23.1 Å². The Kier molecular flexibility index (Phi) is 14.1. The van der Waals surface area contributed by atoms with E-state index in [1.807, 2.05) is 0 Å². The largest absolute Gasteiger partial charge is 2.00 e. The van der Waals surface area contributed by atoms with E-state index in [1.54, 1.807) is 0 Å². The summed E-state index contributed by atoms with van der Waals surface area (Å²) in [7, 11) is 0. The molecule has 0 atom stereocenters. The van der Waals surface area contributed by atoms with Gasteiger partial charge in [0.05, 0.1) is 0 Å². The SMILES string of the molecule is CC(C)(C)CCO.I.[H-].[H-].[Mg+2]. The number of halogens is 1. The average Bonchev–Trinajstić information content (AvgIpc) is 1.30. The van der Waals surface area contributed by atoms with Crippen molar-refractivity contribution >= 4 is 47.0 Å². The fourth-order valence-corrected chi connectivity index (χ4v) is 0.335. The number of aliphatic hydroxyl groups excluding tert-OH is 1. The van der Waals surface area contributed by atoms with Crippen LogP contribution in [0.1, 0.15) is 30.0 Å². The summed E-state index contributed by atoms with van der Waals surface area (Å²) in [6, 6.07) is 0. The Balaban J connectivity index is -0.0000000300. The second-order valence-electron chi connectivity index (χ2n) is 3.03. The average molecular weight is 256 g/mol. The summed E-state index contributed by atoms with van der Waals surface area (Å²) in [6.07, 6.45) is 0.896. The van der Waals surface area contributed by atoms with E-state index in [4.69, 9.17) is 5.11 Å². The summed E-state index contributed by atoms with van der Waals surface area (Å²) in [5, 5.41) is 8.40. The van der Waals surface area contributed by atoms with E-state index in [1.165, 1.54) is 0 Å². The molecule has 1 N–H and O–H groups in total. The molecule has 0 radical (unpaired) electrons. The Morgan fingerprint density at radius 3 is 1.67 bits per heavy atom. The van der Waals surface area contributed by atoms with Crippen LogP contribution in [-0.4, -0.2) is 34.8 Å². The van der Waals surface area contributed by atoms with Crippen molar-refractivity contribution in [2.75, 3.05) is 6.61 Å². The van der Waals surface area contributed by atoms with Gasteiger partial charge in [-0.1, -0.05) is 20.8 Å². The van der Waals surface area contributed by atoms with Gasteiger partial charge in [0.2, 0.25) is 0 Å². The summed E-state index contributed by atoms with van der Waals surface area (Å²) in [5.41, 5.74) is 0.300. The van der Waals surface area contributed by atoms with Gasteiger partial charge in [-0.25, -0.2) is 0 Å². The molecule has 0 heterocycles. The molecule has 0 unspecified atom stereocenters. The molecule has 0 aliphatic carbocycles. The third kappa shape index (κ3) is 17.7. The van der Waals surface area contributed by atoms with Gasteiger partial charge in [-0.15, -0.1) is 24.0 Å². The van der Waals surface area contributed by atoms with E-state index < -0.39 is 0 Å². The van der Waals surface area contributed by atoms with Crippen LogP contribution in [-0.2, 0) is 0 Å². The number of hydrogen-bond donors (Lipinski definition) is 1. The van der Waals surface area contributed by atoms with Crippen LogP contribution >= 0.6 is 24.0 Å². The molecule has 0 aliphatic heterocycles. The van der Waals surface area contributed by atoms with Crippen LogP contribution in [0.2, 0.25) is 0 Å². The first kappa shape index (κ1) is 16.8. The molecule has 0 saturated heterocycles. The minimum Gasteiger partial charge on any atom is -1.00 e. The first-order valence-corrected chi connectivity index (χ1v) is 2.67. The number of aliphatic hydroxyl groups is 1. The Bertz CT molecular complexity index is 59.0. The number of rotatable bonds is 1. The van der Waals surface area contributed by atoms with Crippen molar-refractivity contribution in [2.24, 2.45) is 5.41 Å². The molecule has 0 spiro atoms. The summed E-state index contributed by atoms with van der Waals surface area (Å²) >= 11 is 0. The van der Waals surface area contributed by atoms with Crippen LogP contribution < -0.4 is 0 Å². The monoisotopic (exact) mass is 256 g/mol. The van der Waals surface area contributed by atoms with Gasteiger partial charge in [-0.05, 0) is 11.8 Å². The molecule has 0 saturated carbocycles. The Labute approximate surface area is 93.7 Å². The molecule has 0 bridgehead atoms. The van der Waals surface area contributed by atoms with E-state index >= 15 is 0 Å². The Morgan fingerprint density at radius 1 is 1.33 bits per heavy atom. The van der Waals surface area contributed by atoms with Crippen molar-refractivity contribution in [3.8, 4) is 0 Å². The summed E-state index contributed by atoms with van der Waals surface area (Å²) < 4.78 is 0. The van der Waals surface area contributed by atoms with E-state index in [0.29, 0.717) is 12.0 Å². The molecule has 0 fully saturated rings. The predicted octanol–water partition coefficient (Wildman–Crippen LogP) is 1.88. The molecule has 0 aromatic carbocycles. The van der Waals surface area contributed by atoms with E-state index in [0.717, 1.165) is 6.42 Å².